The first-order valence-corrected chi connectivity index (χ1v) is 11.8. The lowest BCUT2D eigenvalue weighted by molar-refractivity contribution is -0.122. The van der Waals surface area contributed by atoms with E-state index in [2.05, 4.69) is 25.0 Å². The van der Waals surface area contributed by atoms with Crippen LogP contribution < -0.4 is 4.74 Å². The molecule has 2 aromatic carbocycles. The number of rotatable bonds is 5. The summed E-state index contributed by atoms with van der Waals surface area (Å²) < 4.78 is 49.0. The summed E-state index contributed by atoms with van der Waals surface area (Å²) in [6, 6.07) is 6.31. The normalized spacial score (nSPS) is 16.4. The predicted molar refractivity (Wildman–Crippen MR) is 129 cm³/mol. The number of alkyl halides is 2. The number of fused-ring (bicyclic) bond motifs is 2. The first-order chi connectivity index (χ1) is 17.2. The van der Waals surface area contributed by atoms with Gasteiger partial charge in [-0.25, -0.2) is 23.1 Å². The number of benzene rings is 2. The molecule has 1 aliphatic carbocycles. The van der Waals surface area contributed by atoms with Crippen molar-refractivity contribution in [3.05, 3.63) is 59.5 Å². The highest BCUT2D eigenvalue weighted by Gasteiger charge is 2.47. The second-order valence-corrected chi connectivity index (χ2v) is 9.55. The molecule has 1 saturated carbocycles. The van der Waals surface area contributed by atoms with Crippen LogP contribution >= 0.6 is 11.6 Å². The molecule has 0 bridgehead atoms. The Bertz CT molecular complexity index is 1620. The fourth-order valence-corrected chi connectivity index (χ4v) is 4.79. The summed E-state index contributed by atoms with van der Waals surface area (Å²) in [6.07, 6.45) is 4.71. The van der Waals surface area contributed by atoms with Crippen molar-refractivity contribution < 1.29 is 17.9 Å². The van der Waals surface area contributed by atoms with E-state index < -0.39 is 11.7 Å². The lowest BCUT2D eigenvalue weighted by atomic mass is 9.77. The van der Waals surface area contributed by atoms with Crippen LogP contribution in [0.4, 0.5) is 13.2 Å². The van der Waals surface area contributed by atoms with Crippen LogP contribution in [0.25, 0.3) is 33.3 Å². The smallest absolute Gasteiger partial charge is 0.248 e. The van der Waals surface area contributed by atoms with Crippen LogP contribution in [-0.4, -0.2) is 35.6 Å². The minimum atomic E-state index is -2.58. The third-order valence-electron chi connectivity index (χ3n) is 6.63. The first-order valence-electron chi connectivity index (χ1n) is 11.4. The highest BCUT2D eigenvalue weighted by molar-refractivity contribution is 6.36. The van der Waals surface area contributed by atoms with E-state index in [-0.39, 0.29) is 46.8 Å². The molecule has 1 N–H and O–H groups in total. The molecule has 1 fully saturated rings. The van der Waals surface area contributed by atoms with E-state index in [1.54, 1.807) is 48.4 Å². The van der Waals surface area contributed by atoms with Crippen molar-refractivity contribution in [3.63, 3.8) is 0 Å². The topological polar surface area (TPSA) is 81.5 Å². The Hall–Kier alpha value is -3.66. The maximum atomic E-state index is 15.0. The number of aromatic nitrogens is 6. The summed E-state index contributed by atoms with van der Waals surface area (Å²) in [5.41, 5.74) is 2.85. The third-order valence-corrected chi connectivity index (χ3v) is 7.00. The highest BCUT2D eigenvalue weighted by Crippen LogP contribution is 2.47. The van der Waals surface area contributed by atoms with Crippen molar-refractivity contribution in [2.24, 2.45) is 5.92 Å². The van der Waals surface area contributed by atoms with Crippen LogP contribution in [0.2, 0.25) is 5.02 Å². The van der Waals surface area contributed by atoms with Gasteiger partial charge in [0.05, 0.1) is 35.2 Å². The molecule has 0 radical (unpaired) electrons. The zero-order valence-corrected chi connectivity index (χ0v) is 20.0. The Morgan fingerprint density at radius 1 is 1.11 bits per heavy atom. The standard InChI is InChI=1S/C25H20ClF3N6O/c1-12(14-7-25(28,29)8-14)35-11-15(9-31-35)18-10-30-16-3-5-19(21(26)23(16)34-18)36-20-6-4-17-24(22(20)27)33-13(2)32-17/h3-6,9-12,14H,7-8H2,1-2H3,(H,32,33)/t12-/m1/s1. The van der Waals surface area contributed by atoms with Gasteiger partial charge in [0.2, 0.25) is 5.92 Å². The Morgan fingerprint density at radius 3 is 2.67 bits per heavy atom. The van der Waals surface area contributed by atoms with Gasteiger partial charge in [-0.2, -0.15) is 5.10 Å². The molecule has 11 heteroatoms. The number of hydrogen-bond acceptors (Lipinski definition) is 5. The lowest BCUT2D eigenvalue weighted by Gasteiger charge is -2.38. The minimum absolute atomic E-state index is 0.0174. The highest BCUT2D eigenvalue weighted by atomic mass is 35.5. The van der Waals surface area contributed by atoms with Gasteiger partial charge in [0, 0.05) is 24.6 Å². The number of nitrogens with zero attached hydrogens (tertiary/aromatic N) is 5. The van der Waals surface area contributed by atoms with Gasteiger partial charge in [0.15, 0.2) is 11.6 Å². The summed E-state index contributed by atoms with van der Waals surface area (Å²) in [4.78, 5) is 16.2. The van der Waals surface area contributed by atoms with Crippen LogP contribution in [0.15, 0.2) is 42.9 Å². The van der Waals surface area contributed by atoms with Gasteiger partial charge in [-0.05, 0) is 44.0 Å². The van der Waals surface area contributed by atoms with Crippen molar-refractivity contribution in [1.82, 2.24) is 29.7 Å². The van der Waals surface area contributed by atoms with E-state index in [0.29, 0.717) is 33.6 Å². The predicted octanol–water partition coefficient (Wildman–Crippen LogP) is 6.87. The molecule has 0 aliphatic heterocycles. The molecule has 184 valence electrons. The van der Waals surface area contributed by atoms with Crippen LogP contribution in [0, 0.1) is 18.7 Å². The third kappa shape index (κ3) is 3.85. The summed E-state index contributed by atoms with van der Waals surface area (Å²) in [5.74, 6) is -2.52. The van der Waals surface area contributed by atoms with E-state index in [0.717, 1.165) is 0 Å². The molecule has 7 nitrogen and oxygen atoms in total. The van der Waals surface area contributed by atoms with Crippen molar-refractivity contribution in [3.8, 4) is 22.8 Å². The second kappa shape index (κ2) is 8.19. The Kier molecular flexibility index (Phi) is 5.18. The number of halogens is 4. The van der Waals surface area contributed by atoms with Crippen LogP contribution in [0.3, 0.4) is 0 Å². The molecule has 0 spiro atoms. The lowest BCUT2D eigenvalue weighted by Crippen LogP contribution is -2.39. The van der Waals surface area contributed by atoms with Gasteiger partial charge in [-0.1, -0.05) is 11.6 Å². The number of imidazole rings is 1. The largest absolute Gasteiger partial charge is 0.453 e. The fourth-order valence-electron chi connectivity index (χ4n) is 4.55. The number of nitrogens with one attached hydrogen (secondary N) is 1. The number of aromatic amines is 1. The summed E-state index contributed by atoms with van der Waals surface area (Å²) in [6.45, 7) is 3.62. The number of aryl methyl sites for hydroxylation is 1. The zero-order chi connectivity index (χ0) is 25.2. The number of hydrogen-bond donors (Lipinski definition) is 1. The quantitative estimate of drug-likeness (QED) is 0.278. The molecule has 1 aliphatic rings. The molecule has 5 aromatic rings. The average molecular weight is 513 g/mol. The van der Waals surface area contributed by atoms with Gasteiger partial charge in [-0.3, -0.25) is 9.67 Å². The fraction of sp³-hybridized carbons (Fsp3) is 0.280. The molecule has 1 atom stereocenters. The van der Waals surface area contributed by atoms with E-state index >= 15 is 0 Å². The monoisotopic (exact) mass is 512 g/mol. The SMILES string of the molecule is Cc1nc2c(F)c(Oc3ccc4ncc(-c5cnn([C@H](C)C6CC(F)(F)C6)c5)nc4c3Cl)ccc2[nH]1. The maximum Gasteiger partial charge on any atom is 0.248 e. The molecule has 3 heterocycles. The summed E-state index contributed by atoms with van der Waals surface area (Å²) >= 11 is 6.61. The first kappa shape index (κ1) is 22.8. The van der Waals surface area contributed by atoms with Crippen molar-refractivity contribution in [2.45, 2.75) is 38.7 Å². The van der Waals surface area contributed by atoms with E-state index in [1.165, 1.54) is 6.07 Å². The molecular formula is C25H20ClF3N6O. The van der Waals surface area contributed by atoms with Crippen LogP contribution in [0.1, 0.15) is 31.6 Å². The Morgan fingerprint density at radius 2 is 1.89 bits per heavy atom. The summed E-state index contributed by atoms with van der Waals surface area (Å²) in [5, 5.41) is 4.53. The van der Waals surface area contributed by atoms with Gasteiger partial charge in [0.1, 0.15) is 27.6 Å². The van der Waals surface area contributed by atoms with Gasteiger partial charge in [-0.15, -0.1) is 0 Å². The Labute approximate surface area is 208 Å². The van der Waals surface area contributed by atoms with Crippen molar-refractivity contribution in [2.75, 3.05) is 0 Å². The number of H-pyrrole nitrogens is 1. The molecular weight excluding hydrogens is 493 g/mol. The van der Waals surface area contributed by atoms with Gasteiger partial charge >= 0.3 is 0 Å². The van der Waals surface area contributed by atoms with E-state index in [4.69, 9.17) is 16.3 Å². The second-order valence-electron chi connectivity index (χ2n) is 9.17. The Balaban J connectivity index is 1.30. The maximum absolute atomic E-state index is 15.0. The zero-order valence-electron chi connectivity index (χ0n) is 19.3. The van der Waals surface area contributed by atoms with Crippen molar-refractivity contribution >= 4 is 33.7 Å². The molecule has 6 rings (SSSR count). The van der Waals surface area contributed by atoms with Crippen molar-refractivity contribution in [1.29, 1.82) is 0 Å². The molecule has 3 aromatic heterocycles. The molecule has 36 heavy (non-hydrogen) atoms. The minimum Gasteiger partial charge on any atom is -0.453 e. The molecule has 0 saturated heterocycles. The number of ether oxygens (including phenoxy) is 1. The van der Waals surface area contributed by atoms with Gasteiger partial charge < -0.3 is 9.72 Å². The molecule has 0 unspecified atom stereocenters. The van der Waals surface area contributed by atoms with Gasteiger partial charge in [0.25, 0.3) is 0 Å². The summed E-state index contributed by atoms with van der Waals surface area (Å²) in [7, 11) is 0. The van der Waals surface area contributed by atoms with E-state index in [1.807, 2.05) is 6.92 Å². The van der Waals surface area contributed by atoms with E-state index in [9.17, 15) is 13.2 Å². The molecule has 0 amide bonds. The van der Waals surface area contributed by atoms with Crippen LogP contribution in [0.5, 0.6) is 11.5 Å². The van der Waals surface area contributed by atoms with Crippen LogP contribution in [-0.2, 0) is 0 Å². The average Bonchev–Trinajstić information content (AvgIpc) is 3.47.